The SMILES string of the molecule is CC(=O)N(c1ccc(Cl)cc1)C(C)c1ccncc1. The molecule has 1 aromatic heterocycles. The van der Waals surface area contributed by atoms with E-state index in [9.17, 15) is 4.79 Å². The van der Waals surface area contributed by atoms with Crippen molar-refractivity contribution >= 4 is 23.2 Å². The quantitative estimate of drug-likeness (QED) is 0.852. The molecule has 2 rings (SSSR count). The van der Waals surface area contributed by atoms with E-state index in [2.05, 4.69) is 4.98 Å². The molecule has 0 fully saturated rings. The van der Waals surface area contributed by atoms with Crippen molar-refractivity contribution in [1.29, 1.82) is 0 Å². The molecule has 0 saturated heterocycles. The highest BCUT2D eigenvalue weighted by Gasteiger charge is 2.20. The Kier molecular flexibility index (Phi) is 4.17. The minimum absolute atomic E-state index is 0.00775. The molecule has 0 aliphatic rings. The monoisotopic (exact) mass is 274 g/mol. The van der Waals surface area contributed by atoms with E-state index in [-0.39, 0.29) is 11.9 Å². The largest absolute Gasteiger partial charge is 0.305 e. The molecule has 0 spiro atoms. The highest BCUT2D eigenvalue weighted by molar-refractivity contribution is 6.30. The van der Waals surface area contributed by atoms with Crippen LogP contribution in [0.15, 0.2) is 48.8 Å². The van der Waals surface area contributed by atoms with Crippen LogP contribution in [-0.2, 0) is 4.79 Å². The van der Waals surface area contributed by atoms with Gasteiger partial charge in [-0.05, 0) is 48.9 Å². The topological polar surface area (TPSA) is 33.2 Å². The number of hydrogen-bond acceptors (Lipinski definition) is 2. The molecule has 0 bridgehead atoms. The fraction of sp³-hybridized carbons (Fsp3) is 0.200. The molecule has 1 atom stereocenters. The van der Waals surface area contributed by atoms with Gasteiger partial charge >= 0.3 is 0 Å². The van der Waals surface area contributed by atoms with Crippen molar-refractivity contribution in [3.05, 3.63) is 59.4 Å². The molecule has 19 heavy (non-hydrogen) atoms. The number of rotatable bonds is 3. The van der Waals surface area contributed by atoms with Crippen LogP contribution in [0.25, 0.3) is 0 Å². The van der Waals surface area contributed by atoms with Gasteiger partial charge in [0.15, 0.2) is 0 Å². The van der Waals surface area contributed by atoms with Crippen LogP contribution < -0.4 is 4.90 Å². The molecule has 0 aliphatic heterocycles. The molecule has 1 heterocycles. The summed E-state index contributed by atoms with van der Waals surface area (Å²) >= 11 is 5.88. The van der Waals surface area contributed by atoms with Crippen LogP contribution >= 0.6 is 11.6 Å². The van der Waals surface area contributed by atoms with E-state index in [0.29, 0.717) is 5.02 Å². The molecule has 98 valence electrons. The number of nitrogens with zero attached hydrogens (tertiary/aromatic N) is 2. The second-order valence-corrected chi connectivity index (χ2v) is 4.76. The van der Waals surface area contributed by atoms with E-state index < -0.39 is 0 Å². The second kappa shape index (κ2) is 5.85. The molecule has 0 radical (unpaired) electrons. The maximum absolute atomic E-state index is 11.9. The van der Waals surface area contributed by atoms with Crippen molar-refractivity contribution in [3.63, 3.8) is 0 Å². The molecule has 1 aromatic carbocycles. The highest BCUT2D eigenvalue weighted by atomic mass is 35.5. The number of pyridine rings is 1. The van der Waals surface area contributed by atoms with Crippen LogP contribution in [-0.4, -0.2) is 10.9 Å². The van der Waals surface area contributed by atoms with E-state index in [0.717, 1.165) is 11.3 Å². The van der Waals surface area contributed by atoms with E-state index in [1.807, 2.05) is 31.2 Å². The summed E-state index contributed by atoms with van der Waals surface area (Å²) in [6.45, 7) is 3.55. The lowest BCUT2D eigenvalue weighted by atomic mass is 10.1. The Hall–Kier alpha value is -1.87. The predicted molar refractivity (Wildman–Crippen MR) is 77.3 cm³/mol. The predicted octanol–water partition coefficient (Wildman–Crippen LogP) is 3.85. The van der Waals surface area contributed by atoms with Crippen molar-refractivity contribution in [3.8, 4) is 0 Å². The Morgan fingerprint density at radius 1 is 1.16 bits per heavy atom. The van der Waals surface area contributed by atoms with Gasteiger partial charge in [-0.3, -0.25) is 9.78 Å². The zero-order valence-electron chi connectivity index (χ0n) is 10.9. The van der Waals surface area contributed by atoms with Gasteiger partial charge in [-0.15, -0.1) is 0 Å². The van der Waals surface area contributed by atoms with E-state index in [1.54, 1.807) is 36.4 Å². The first-order valence-electron chi connectivity index (χ1n) is 6.05. The maximum atomic E-state index is 11.9. The van der Waals surface area contributed by atoms with Gasteiger partial charge in [0, 0.05) is 30.0 Å². The van der Waals surface area contributed by atoms with Gasteiger partial charge in [-0.25, -0.2) is 0 Å². The first-order chi connectivity index (χ1) is 9.09. The van der Waals surface area contributed by atoms with Crippen molar-refractivity contribution < 1.29 is 4.79 Å². The van der Waals surface area contributed by atoms with E-state index in [4.69, 9.17) is 11.6 Å². The summed E-state index contributed by atoms with van der Waals surface area (Å²) < 4.78 is 0. The van der Waals surface area contributed by atoms with Crippen molar-refractivity contribution in [2.45, 2.75) is 19.9 Å². The number of benzene rings is 1. The van der Waals surface area contributed by atoms with Crippen LogP contribution in [0.4, 0.5) is 5.69 Å². The average Bonchev–Trinajstić information content (AvgIpc) is 2.42. The van der Waals surface area contributed by atoms with Gasteiger partial charge in [0.2, 0.25) is 5.91 Å². The Labute approximate surface area is 117 Å². The average molecular weight is 275 g/mol. The molecular weight excluding hydrogens is 260 g/mol. The number of halogens is 1. The Morgan fingerprint density at radius 3 is 2.26 bits per heavy atom. The molecule has 1 amide bonds. The Morgan fingerprint density at radius 2 is 1.74 bits per heavy atom. The van der Waals surface area contributed by atoms with Crippen molar-refractivity contribution in [1.82, 2.24) is 4.98 Å². The zero-order valence-corrected chi connectivity index (χ0v) is 11.6. The van der Waals surface area contributed by atoms with Gasteiger partial charge in [0.25, 0.3) is 0 Å². The number of anilines is 1. The number of hydrogen-bond donors (Lipinski definition) is 0. The summed E-state index contributed by atoms with van der Waals surface area (Å²) in [4.78, 5) is 17.7. The smallest absolute Gasteiger partial charge is 0.224 e. The fourth-order valence-electron chi connectivity index (χ4n) is 2.07. The zero-order chi connectivity index (χ0) is 13.8. The third kappa shape index (κ3) is 3.12. The van der Waals surface area contributed by atoms with Gasteiger partial charge in [-0.1, -0.05) is 11.6 Å². The number of aromatic nitrogens is 1. The lowest BCUT2D eigenvalue weighted by Gasteiger charge is -2.28. The minimum Gasteiger partial charge on any atom is -0.305 e. The minimum atomic E-state index is -0.0540. The van der Waals surface area contributed by atoms with Crippen molar-refractivity contribution in [2.24, 2.45) is 0 Å². The molecule has 0 aliphatic carbocycles. The number of amides is 1. The van der Waals surface area contributed by atoms with E-state index >= 15 is 0 Å². The third-order valence-corrected chi connectivity index (χ3v) is 3.27. The highest BCUT2D eigenvalue weighted by Crippen LogP contribution is 2.27. The van der Waals surface area contributed by atoms with Crippen molar-refractivity contribution in [2.75, 3.05) is 4.90 Å². The summed E-state index contributed by atoms with van der Waals surface area (Å²) in [6.07, 6.45) is 3.46. The Bertz CT molecular complexity index is 554. The lowest BCUT2D eigenvalue weighted by molar-refractivity contribution is -0.117. The molecule has 3 nitrogen and oxygen atoms in total. The van der Waals surface area contributed by atoms with E-state index in [1.165, 1.54) is 0 Å². The summed E-state index contributed by atoms with van der Waals surface area (Å²) in [5.74, 6) is -0.00775. The summed E-state index contributed by atoms with van der Waals surface area (Å²) in [5.41, 5.74) is 1.88. The molecule has 0 saturated carbocycles. The van der Waals surface area contributed by atoms with Crippen LogP contribution in [0.5, 0.6) is 0 Å². The summed E-state index contributed by atoms with van der Waals surface area (Å²) in [7, 11) is 0. The Balaban J connectivity index is 2.36. The second-order valence-electron chi connectivity index (χ2n) is 4.32. The fourth-order valence-corrected chi connectivity index (χ4v) is 2.20. The van der Waals surface area contributed by atoms with Crippen LogP contribution in [0.2, 0.25) is 5.02 Å². The number of carbonyl (C=O) groups is 1. The standard InChI is InChI=1S/C15H15ClN2O/c1-11(13-7-9-17-10-8-13)18(12(2)19)15-5-3-14(16)4-6-15/h3-11H,1-2H3. The van der Waals surface area contributed by atoms with Crippen LogP contribution in [0, 0.1) is 0 Å². The first kappa shape index (κ1) is 13.6. The molecule has 1 unspecified atom stereocenters. The molecule has 4 heteroatoms. The van der Waals surface area contributed by atoms with Gasteiger partial charge in [-0.2, -0.15) is 0 Å². The third-order valence-electron chi connectivity index (χ3n) is 3.02. The molecule has 0 N–H and O–H groups in total. The maximum Gasteiger partial charge on any atom is 0.224 e. The summed E-state index contributed by atoms with van der Waals surface area (Å²) in [6, 6.07) is 11.0. The number of carbonyl (C=O) groups excluding carboxylic acids is 1. The summed E-state index contributed by atoms with van der Waals surface area (Å²) in [5, 5.41) is 0.656. The molecular formula is C15H15ClN2O. The van der Waals surface area contributed by atoms with Gasteiger partial charge in [0.05, 0.1) is 6.04 Å². The van der Waals surface area contributed by atoms with Gasteiger partial charge < -0.3 is 4.90 Å². The molecule has 2 aromatic rings. The van der Waals surface area contributed by atoms with Gasteiger partial charge in [0.1, 0.15) is 0 Å². The lowest BCUT2D eigenvalue weighted by Crippen LogP contribution is -2.31. The normalized spacial score (nSPS) is 11.9. The van der Waals surface area contributed by atoms with Crippen LogP contribution in [0.1, 0.15) is 25.5 Å². The van der Waals surface area contributed by atoms with Crippen LogP contribution in [0.3, 0.4) is 0 Å². The first-order valence-corrected chi connectivity index (χ1v) is 6.42.